The summed E-state index contributed by atoms with van der Waals surface area (Å²) in [4.78, 5) is 26.2. The summed E-state index contributed by atoms with van der Waals surface area (Å²) in [7, 11) is 0.279. The molecule has 0 spiro atoms. The van der Waals surface area contributed by atoms with Gasteiger partial charge in [-0.15, -0.1) is 0 Å². The van der Waals surface area contributed by atoms with Gasteiger partial charge in [-0.1, -0.05) is 19.1 Å². The molecule has 4 aliphatic heterocycles. The van der Waals surface area contributed by atoms with Crippen LogP contribution in [0.3, 0.4) is 0 Å². The van der Waals surface area contributed by atoms with Crippen molar-refractivity contribution in [3.05, 3.63) is 46.7 Å². The van der Waals surface area contributed by atoms with Gasteiger partial charge in [0.15, 0.2) is 0 Å². The number of aliphatic carboxylic acids is 1. The van der Waals surface area contributed by atoms with Gasteiger partial charge in [0, 0.05) is 22.4 Å². The van der Waals surface area contributed by atoms with Crippen molar-refractivity contribution in [2.75, 3.05) is 24.9 Å². The molecule has 4 atom stereocenters. The molecule has 184 valence electrons. The predicted octanol–water partition coefficient (Wildman–Crippen LogP) is 0.300. The molecule has 0 radical (unpaired) electrons. The van der Waals surface area contributed by atoms with E-state index in [4.69, 9.17) is 0 Å². The minimum Gasteiger partial charge on any atom is -0.543 e. The number of carboxylic acids is 1. The number of fused-ring (bicyclic) bond motifs is 3. The number of nitrogens with zero attached hydrogens (tertiary/aromatic N) is 3. The molecule has 0 bridgehead atoms. The lowest BCUT2D eigenvalue weighted by Gasteiger charge is -2.47. The number of quaternary nitrogens is 1. The highest BCUT2D eigenvalue weighted by molar-refractivity contribution is 7.93. The SMILES string of the molecule is C[C@@H](O)[C@H]1C(=O)N2C(C(=O)[O-])=C(CN3c4cccc5c6c(cc(c45)S3(=O)=O)C[N+](C)(C)C6)[C@H](C)[C@H]12. The molecule has 10 heteroatoms. The van der Waals surface area contributed by atoms with Crippen LogP contribution in [0.4, 0.5) is 5.69 Å². The first-order valence-electron chi connectivity index (χ1n) is 11.7. The summed E-state index contributed by atoms with van der Waals surface area (Å²) in [6.45, 7) is 4.61. The van der Waals surface area contributed by atoms with Crippen molar-refractivity contribution in [2.45, 2.75) is 44.0 Å². The summed E-state index contributed by atoms with van der Waals surface area (Å²) < 4.78 is 29.7. The molecule has 9 nitrogen and oxygen atoms in total. The van der Waals surface area contributed by atoms with Crippen LogP contribution >= 0.6 is 0 Å². The molecule has 4 heterocycles. The van der Waals surface area contributed by atoms with Crippen LogP contribution in [0.2, 0.25) is 0 Å². The fraction of sp³-hybridized carbons (Fsp3) is 0.440. The maximum Gasteiger partial charge on any atom is 0.265 e. The van der Waals surface area contributed by atoms with Crippen molar-refractivity contribution in [1.29, 1.82) is 0 Å². The predicted molar refractivity (Wildman–Crippen MR) is 125 cm³/mol. The number of aliphatic hydroxyl groups is 1. The maximum absolute atomic E-state index is 13.8. The summed E-state index contributed by atoms with van der Waals surface area (Å²) >= 11 is 0. The molecular weight excluding hydrogens is 470 g/mol. The van der Waals surface area contributed by atoms with Crippen LogP contribution in [0.15, 0.2) is 40.4 Å². The van der Waals surface area contributed by atoms with Crippen molar-refractivity contribution in [3.8, 4) is 0 Å². The third kappa shape index (κ3) is 2.78. The van der Waals surface area contributed by atoms with Gasteiger partial charge in [-0.05, 0) is 30.0 Å². The second-order valence-electron chi connectivity index (χ2n) is 10.9. The minimum absolute atomic E-state index is 0.195. The van der Waals surface area contributed by atoms with Gasteiger partial charge in [0.1, 0.15) is 13.1 Å². The molecule has 4 aliphatic rings. The highest BCUT2D eigenvalue weighted by Gasteiger charge is 2.59. The molecule has 1 fully saturated rings. The highest BCUT2D eigenvalue weighted by Crippen LogP contribution is 2.50. The van der Waals surface area contributed by atoms with E-state index in [1.54, 1.807) is 19.1 Å². The van der Waals surface area contributed by atoms with Crippen LogP contribution in [0.25, 0.3) is 10.8 Å². The number of aliphatic hydroxyl groups excluding tert-OH is 1. The number of rotatable bonds is 4. The lowest BCUT2D eigenvalue weighted by molar-refractivity contribution is -0.909. The standard InChI is InChI=1S/C25H27N3O6S/c1-12-16(23(25(31)32)27-22(12)20(13(2)29)24(27)30)9-26-18-7-5-6-15-17-11-28(3,4)10-14(17)8-19(21(15)18)35(26,33)34/h5-8,12-13,20,22,29H,9-11H2,1-4H3/t12-,13+,20+,22+/m0/s1. The normalized spacial score (nSPS) is 28.4. The van der Waals surface area contributed by atoms with E-state index in [2.05, 4.69) is 14.1 Å². The van der Waals surface area contributed by atoms with E-state index in [1.165, 1.54) is 11.2 Å². The van der Waals surface area contributed by atoms with Crippen LogP contribution < -0.4 is 9.41 Å². The van der Waals surface area contributed by atoms with Crippen molar-refractivity contribution < 1.29 is 32.7 Å². The van der Waals surface area contributed by atoms with Gasteiger partial charge in [0.25, 0.3) is 10.0 Å². The summed E-state index contributed by atoms with van der Waals surface area (Å²) in [6, 6.07) is 6.77. The molecule has 0 aliphatic carbocycles. The number of carbonyl (C=O) groups is 2. The van der Waals surface area contributed by atoms with Crippen LogP contribution in [-0.2, 0) is 32.7 Å². The Balaban J connectivity index is 1.48. The second kappa shape index (κ2) is 6.83. The lowest BCUT2D eigenvalue weighted by Crippen LogP contribution is -2.64. The van der Waals surface area contributed by atoms with E-state index in [1.807, 2.05) is 12.1 Å². The van der Waals surface area contributed by atoms with Crippen LogP contribution in [-0.4, -0.2) is 67.6 Å². The number of carbonyl (C=O) groups excluding carboxylic acids is 2. The summed E-state index contributed by atoms with van der Waals surface area (Å²) in [5.74, 6) is -3.16. The molecule has 2 aromatic rings. The molecule has 0 aromatic heterocycles. The van der Waals surface area contributed by atoms with Crippen molar-refractivity contribution in [3.63, 3.8) is 0 Å². The maximum atomic E-state index is 13.8. The smallest absolute Gasteiger partial charge is 0.265 e. The van der Waals surface area contributed by atoms with E-state index in [0.717, 1.165) is 39.0 Å². The van der Waals surface area contributed by atoms with Gasteiger partial charge in [-0.3, -0.25) is 9.10 Å². The number of anilines is 1. The third-order valence-electron chi connectivity index (χ3n) is 8.15. The zero-order valence-electron chi connectivity index (χ0n) is 20.0. The van der Waals surface area contributed by atoms with E-state index in [9.17, 15) is 28.2 Å². The van der Waals surface area contributed by atoms with E-state index < -0.39 is 45.9 Å². The summed E-state index contributed by atoms with van der Waals surface area (Å²) in [6.07, 6.45) is -0.938. The fourth-order valence-corrected chi connectivity index (χ4v) is 8.36. The number of sulfonamides is 1. The Morgan fingerprint density at radius 1 is 1.29 bits per heavy atom. The van der Waals surface area contributed by atoms with Gasteiger partial charge < -0.3 is 24.4 Å². The number of β-lactam (4-membered cyclic amide) rings is 1. The third-order valence-corrected chi connectivity index (χ3v) is 9.93. The van der Waals surface area contributed by atoms with Crippen molar-refractivity contribution >= 4 is 38.4 Å². The molecule has 1 N–H and O–H groups in total. The van der Waals surface area contributed by atoms with Gasteiger partial charge in [-0.2, -0.15) is 0 Å². The van der Waals surface area contributed by atoms with Gasteiger partial charge >= 0.3 is 0 Å². The first-order valence-corrected chi connectivity index (χ1v) is 13.2. The fourth-order valence-electron chi connectivity index (χ4n) is 6.64. The molecule has 35 heavy (non-hydrogen) atoms. The largest absolute Gasteiger partial charge is 0.543 e. The Morgan fingerprint density at radius 3 is 2.66 bits per heavy atom. The van der Waals surface area contributed by atoms with Gasteiger partial charge in [0.2, 0.25) is 5.91 Å². The molecule has 0 saturated carbocycles. The first kappa shape index (κ1) is 22.5. The second-order valence-corrected chi connectivity index (χ2v) is 12.7. The Bertz CT molecular complexity index is 1490. The highest BCUT2D eigenvalue weighted by atomic mass is 32.2. The number of hydrogen-bond donors (Lipinski definition) is 1. The Hall–Kier alpha value is -2.95. The van der Waals surface area contributed by atoms with E-state index in [0.29, 0.717) is 16.6 Å². The molecule has 1 amide bonds. The zero-order chi connectivity index (χ0) is 25.2. The molecule has 1 saturated heterocycles. The number of carboxylic acid groups (broad SMARTS) is 1. The van der Waals surface area contributed by atoms with E-state index >= 15 is 0 Å². The number of amides is 1. The minimum atomic E-state index is -3.95. The van der Waals surface area contributed by atoms with Crippen molar-refractivity contribution in [2.24, 2.45) is 11.8 Å². The number of benzene rings is 2. The van der Waals surface area contributed by atoms with Crippen LogP contribution in [0.1, 0.15) is 25.0 Å². The number of hydrogen-bond acceptors (Lipinski definition) is 6. The van der Waals surface area contributed by atoms with Crippen molar-refractivity contribution in [1.82, 2.24) is 4.90 Å². The van der Waals surface area contributed by atoms with Crippen LogP contribution in [0, 0.1) is 11.8 Å². The van der Waals surface area contributed by atoms with Crippen LogP contribution in [0.5, 0.6) is 0 Å². The topological polar surface area (TPSA) is 118 Å². The summed E-state index contributed by atoms with van der Waals surface area (Å²) in [5.41, 5.74) is 2.72. The monoisotopic (exact) mass is 497 g/mol. The molecular formula is C25H27N3O6S. The lowest BCUT2D eigenvalue weighted by atomic mass is 9.78. The Morgan fingerprint density at radius 2 is 2.00 bits per heavy atom. The average Bonchev–Trinajstić information content (AvgIpc) is 3.28. The zero-order valence-corrected chi connectivity index (χ0v) is 20.8. The molecule has 6 rings (SSSR count). The average molecular weight is 498 g/mol. The molecule has 2 aromatic carbocycles. The molecule has 0 unspecified atom stereocenters. The van der Waals surface area contributed by atoms with Gasteiger partial charge in [0.05, 0.1) is 61.0 Å². The Kier molecular flexibility index (Phi) is 4.40. The van der Waals surface area contributed by atoms with E-state index in [-0.39, 0.29) is 17.1 Å². The summed E-state index contributed by atoms with van der Waals surface area (Å²) in [5, 5.41) is 23.8. The quantitative estimate of drug-likeness (QED) is 0.480. The van der Waals surface area contributed by atoms with Gasteiger partial charge in [-0.25, -0.2) is 8.42 Å². The first-order chi connectivity index (χ1) is 16.3. The Labute approximate surface area is 203 Å².